The number of rotatable bonds is 8. The number of carbonyl (C=O) groups excluding carboxylic acids is 1. The Morgan fingerprint density at radius 3 is 2.50 bits per heavy atom. The standard InChI is InChI=1S/C16H32N4O3.HI/c1-13(2)11-14(20-7-9-23-10-8-20)12-19-16(17-3)18-6-5-15(21)22-4;/h13-14H,5-12H2,1-4H3,(H2,17,18,19);1H. The van der Waals surface area contributed by atoms with Gasteiger partial charge in [-0.3, -0.25) is 14.7 Å². The zero-order chi connectivity index (χ0) is 17.1. The van der Waals surface area contributed by atoms with Crippen LogP contribution in [0.15, 0.2) is 4.99 Å². The highest BCUT2D eigenvalue weighted by molar-refractivity contribution is 14.0. The normalized spacial score (nSPS) is 17.1. The second-order valence-corrected chi connectivity index (χ2v) is 6.14. The molecule has 8 heteroatoms. The molecule has 0 aromatic heterocycles. The van der Waals surface area contributed by atoms with E-state index >= 15 is 0 Å². The fourth-order valence-corrected chi connectivity index (χ4v) is 2.67. The van der Waals surface area contributed by atoms with Gasteiger partial charge in [0.2, 0.25) is 0 Å². The van der Waals surface area contributed by atoms with Gasteiger partial charge in [0.05, 0.1) is 26.7 Å². The maximum Gasteiger partial charge on any atom is 0.307 e. The van der Waals surface area contributed by atoms with Crippen LogP contribution >= 0.6 is 24.0 Å². The van der Waals surface area contributed by atoms with Crippen LogP contribution in [0.25, 0.3) is 0 Å². The summed E-state index contributed by atoms with van der Waals surface area (Å²) in [6.45, 7) is 9.41. The lowest BCUT2D eigenvalue weighted by atomic mass is 10.0. The van der Waals surface area contributed by atoms with Crippen molar-refractivity contribution in [2.45, 2.75) is 32.7 Å². The zero-order valence-corrected chi connectivity index (χ0v) is 17.7. The molecule has 0 saturated carbocycles. The van der Waals surface area contributed by atoms with Gasteiger partial charge in [0.1, 0.15) is 0 Å². The number of carbonyl (C=O) groups is 1. The lowest BCUT2D eigenvalue weighted by Gasteiger charge is -2.35. The highest BCUT2D eigenvalue weighted by Crippen LogP contribution is 2.12. The average molecular weight is 456 g/mol. The number of methoxy groups -OCH3 is 1. The van der Waals surface area contributed by atoms with Crippen LogP contribution in [0.1, 0.15) is 26.7 Å². The SMILES string of the molecule is CN=C(NCCC(=O)OC)NCC(CC(C)C)N1CCOCC1.I. The van der Waals surface area contributed by atoms with E-state index in [0.717, 1.165) is 45.2 Å². The summed E-state index contributed by atoms with van der Waals surface area (Å²) in [5.41, 5.74) is 0. The first-order chi connectivity index (χ1) is 11.1. The summed E-state index contributed by atoms with van der Waals surface area (Å²) < 4.78 is 10.1. The van der Waals surface area contributed by atoms with Crippen molar-refractivity contribution in [3.8, 4) is 0 Å². The van der Waals surface area contributed by atoms with Gasteiger partial charge in [-0.2, -0.15) is 0 Å². The molecule has 0 radical (unpaired) electrons. The highest BCUT2D eigenvalue weighted by Gasteiger charge is 2.22. The molecule has 1 aliphatic heterocycles. The lowest BCUT2D eigenvalue weighted by molar-refractivity contribution is -0.140. The summed E-state index contributed by atoms with van der Waals surface area (Å²) in [5.74, 6) is 1.13. The van der Waals surface area contributed by atoms with Crippen molar-refractivity contribution >= 4 is 35.9 Å². The van der Waals surface area contributed by atoms with E-state index in [4.69, 9.17) is 4.74 Å². The topological polar surface area (TPSA) is 75.2 Å². The monoisotopic (exact) mass is 456 g/mol. The molecule has 0 amide bonds. The number of aliphatic imine (C=N–C) groups is 1. The first-order valence-corrected chi connectivity index (χ1v) is 8.40. The fourth-order valence-electron chi connectivity index (χ4n) is 2.67. The Morgan fingerprint density at radius 1 is 1.29 bits per heavy atom. The van der Waals surface area contributed by atoms with Gasteiger partial charge < -0.3 is 20.1 Å². The number of nitrogens with zero attached hydrogens (tertiary/aromatic N) is 2. The summed E-state index contributed by atoms with van der Waals surface area (Å²) in [4.78, 5) is 17.8. The molecule has 0 aromatic carbocycles. The van der Waals surface area contributed by atoms with E-state index in [2.05, 4.69) is 39.1 Å². The van der Waals surface area contributed by atoms with Crippen molar-refractivity contribution in [2.75, 3.05) is 53.6 Å². The van der Waals surface area contributed by atoms with Crippen molar-refractivity contribution in [3.63, 3.8) is 0 Å². The third-order valence-corrected chi connectivity index (χ3v) is 3.88. The molecule has 1 fully saturated rings. The fraction of sp³-hybridized carbons (Fsp3) is 0.875. The molecule has 1 heterocycles. The predicted molar refractivity (Wildman–Crippen MR) is 107 cm³/mol. The van der Waals surface area contributed by atoms with Gasteiger partial charge in [0.15, 0.2) is 5.96 Å². The predicted octanol–water partition coefficient (Wildman–Crippen LogP) is 1.08. The van der Waals surface area contributed by atoms with Gasteiger partial charge in [0.25, 0.3) is 0 Å². The van der Waals surface area contributed by atoms with Crippen LogP contribution in [0.5, 0.6) is 0 Å². The first kappa shape index (κ1) is 23.4. The largest absolute Gasteiger partial charge is 0.469 e. The Labute approximate surface area is 162 Å². The van der Waals surface area contributed by atoms with E-state index in [1.54, 1.807) is 7.05 Å². The quantitative estimate of drug-likeness (QED) is 0.247. The van der Waals surface area contributed by atoms with Gasteiger partial charge in [-0.25, -0.2) is 0 Å². The van der Waals surface area contributed by atoms with Crippen LogP contribution in [0.3, 0.4) is 0 Å². The van der Waals surface area contributed by atoms with Crippen LogP contribution in [-0.4, -0.2) is 76.4 Å². The number of guanidine groups is 1. The number of halogens is 1. The van der Waals surface area contributed by atoms with Gasteiger partial charge in [-0.05, 0) is 12.3 Å². The highest BCUT2D eigenvalue weighted by atomic mass is 127. The Morgan fingerprint density at radius 2 is 1.96 bits per heavy atom. The number of nitrogens with one attached hydrogen (secondary N) is 2. The minimum Gasteiger partial charge on any atom is -0.469 e. The molecule has 142 valence electrons. The second kappa shape index (κ2) is 13.7. The smallest absolute Gasteiger partial charge is 0.307 e. The summed E-state index contributed by atoms with van der Waals surface area (Å²) in [5, 5.41) is 6.51. The van der Waals surface area contributed by atoms with Crippen molar-refractivity contribution in [3.05, 3.63) is 0 Å². The minimum absolute atomic E-state index is 0. The third-order valence-electron chi connectivity index (χ3n) is 3.88. The summed E-state index contributed by atoms with van der Waals surface area (Å²) >= 11 is 0. The van der Waals surface area contributed by atoms with E-state index in [9.17, 15) is 4.79 Å². The molecule has 24 heavy (non-hydrogen) atoms. The molecule has 0 aromatic rings. The van der Waals surface area contributed by atoms with E-state index in [1.807, 2.05) is 0 Å². The van der Waals surface area contributed by atoms with Crippen molar-refractivity contribution in [1.82, 2.24) is 15.5 Å². The number of hydrogen-bond acceptors (Lipinski definition) is 5. The van der Waals surface area contributed by atoms with Crippen LogP contribution in [0, 0.1) is 5.92 Å². The van der Waals surface area contributed by atoms with Crippen molar-refractivity contribution < 1.29 is 14.3 Å². The Balaban J connectivity index is 0.00000529. The average Bonchev–Trinajstić information content (AvgIpc) is 2.56. The van der Waals surface area contributed by atoms with E-state index < -0.39 is 0 Å². The second-order valence-electron chi connectivity index (χ2n) is 6.14. The zero-order valence-electron chi connectivity index (χ0n) is 15.3. The van der Waals surface area contributed by atoms with E-state index in [-0.39, 0.29) is 29.9 Å². The maximum atomic E-state index is 11.1. The van der Waals surface area contributed by atoms with Gasteiger partial charge in [-0.15, -0.1) is 24.0 Å². The van der Waals surface area contributed by atoms with Crippen LogP contribution < -0.4 is 10.6 Å². The van der Waals surface area contributed by atoms with Crippen molar-refractivity contribution in [2.24, 2.45) is 10.9 Å². The molecule has 1 aliphatic rings. The molecule has 1 unspecified atom stereocenters. The molecule has 0 spiro atoms. The molecule has 7 nitrogen and oxygen atoms in total. The Bertz CT molecular complexity index is 374. The Hall–Kier alpha value is -0.610. The van der Waals surface area contributed by atoms with Gasteiger partial charge in [0, 0.05) is 39.3 Å². The summed E-state index contributed by atoms with van der Waals surface area (Å²) in [7, 11) is 3.13. The molecule has 1 rings (SSSR count). The number of esters is 1. The summed E-state index contributed by atoms with van der Waals surface area (Å²) in [6.07, 6.45) is 1.46. The molecule has 2 N–H and O–H groups in total. The number of ether oxygens (including phenoxy) is 2. The van der Waals surface area contributed by atoms with Gasteiger partial charge in [-0.1, -0.05) is 13.8 Å². The third kappa shape index (κ3) is 9.63. The lowest BCUT2D eigenvalue weighted by Crippen LogP contribution is -2.51. The van der Waals surface area contributed by atoms with E-state index in [0.29, 0.717) is 24.9 Å². The minimum atomic E-state index is -0.223. The first-order valence-electron chi connectivity index (χ1n) is 8.40. The van der Waals surface area contributed by atoms with Crippen LogP contribution in [0.2, 0.25) is 0 Å². The summed E-state index contributed by atoms with van der Waals surface area (Å²) in [6, 6.07) is 0.457. The molecular weight excluding hydrogens is 423 g/mol. The molecule has 0 aliphatic carbocycles. The molecule has 0 bridgehead atoms. The maximum absolute atomic E-state index is 11.1. The number of morpholine rings is 1. The van der Waals surface area contributed by atoms with E-state index in [1.165, 1.54) is 7.11 Å². The van der Waals surface area contributed by atoms with Crippen LogP contribution in [-0.2, 0) is 14.3 Å². The van der Waals surface area contributed by atoms with Crippen LogP contribution in [0.4, 0.5) is 0 Å². The van der Waals surface area contributed by atoms with Gasteiger partial charge >= 0.3 is 5.97 Å². The molecule has 1 atom stereocenters. The Kier molecular flexibility index (Phi) is 13.3. The van der Waals surface area contributed by atoms with Crippen molar-refractivity contribution in [1.29, 1.82) is 0 Å². The molecular formula is C16H33IN4O3. The number of hydrogen-bond donors (Lipinski definition) is 2. The molecule has 1 saturated heterocycles.